The fourth-order valence-corrected chi connectivity index (χ4v) is 8.87. The van der Waals surface area contributed by atoms with Crippen LogP contribution in [-0.4, -0.2) is 71.5 Å². The summed E-state index contributed by atoms with van der Waals surface area (Å²) >= 11 is 2.65. The third-order valence-corrected chi connectivity index (χ3v) is 11.9. The molecule has 0 spiro atoms. The van der Waals surface area contributed by atoms with Crippen molar-refractivity contribution in [3.8, 4) is 0 Å². The van der Waals surface area contributed by atoms with Gasteiger partial charge in [0.05, 0.1) is 58.1 Å². The molecule has 0 radical (unpaired) electrons. The largest absolute Gasteiger partial charge is 1.00 e. The number of para-hydroxylation sites is 2. The van der Waals surface area contributed by atoms with E-state index in [1.165, 1.54) is 59.9 Å². The van der Waals surface area contributed by atoms with Gasteiger partial charge in [-0.3, -0.25) is 19.1 Å². The van der Waals surface area contributed by atoms with Crippen LogP contribution in [0.5, 0.6) is 0 Å². The zero-order valence-corrected chi connectivity index (χ0v) is 41.5. The van der Waals surface area contributed by atoms with Crippen molar-refractivity contribution in [2.24, 2.45) is 0 Å². The number of anilines is 4. The Balaban J connectivity index is 0.00000352. The maximum atomic E-state index is 12.7. The number of benzene rings is 4. The van der Waals surface area contributed by atoms with Crippen LogP contribution in [0.25, 0.3) is 12.2 Å². The first-order valence-corrected chi connectivity index (χ1v) is 22.8. The topological polar surface area (TPSA) is 228 Å². The van der Waals surface area contributed by atoms with Gasteiger partial charge in [0, 0.05) is 34.8 Å². The Hall–Kier alpha value is -3.26. The quantitative estimate of drug-likeness (QED) is 0.0376. The van der Waals surface area contributed by atoms with Gasteiger partial charge in [-0.15, -0.1) is 0 Å². The molecule has 16 nitrogen and oxygen atoms in total. The Morgan fingerprint density at radius 1 is 0.548 bits per heavy atom. The Kier molecular flexibility index (Phi) is 19.6. The third kappa shape index (κ3) is 15.2. The van der Waals surface area contributed by atoms with Crippen molar-refractivity contribution in [1.29, 1.82) is 0 Å². The van der Waals surface area contributed by atoms with E-state index in [4.69, 9.17) is 0 Å². The molecule has 0 fully saturated rings. The molecule has 2 heterocycles. The van der Waals surface area contributed by atoms with Gasteiger partial charge in [0.25, 0.3) is 20.2 Å². The molecule has 2 aliphatic rings. The number of hydrogen-bond acceptors (Lipinski definition) is 16. The summed E-state index contributed by atoms with van der Waals surface area (Å²) in [6, 6.07) is 26.9. The first-order chi connectivity index (χ1) is 28.6. The van der Waals surface area contributed by atoms with E-state index < -0.39 is 30.0 Å². The van der Waals surface area contributed by atoms with Crippen molar-refractivity contribution in [3.63, 3.8) is 0 Å². The third-order valence-electron chi connectivity index (χ3n) is 8.39. The number of nitrogens with zero attached hydrogens (tertiary/aromatic N) is 2. The number of hydrazine groups is 2. The predicted molar refractivity (Wildman–Crippen MR) is 242 cm³/mol. The number of aliphatic hydroxyl groups is 2. The van der Waals surface area contributed by atoms with Crippen molar-refractivity contribution in [2.45, 2.75) is 35.7 Å². The van der Waals surface area contributed by atoms with Crippen LogP contribution >= 0.6 is 23.5 Å². The first-order valence-electron chi connectivity index (χ1n) is 18.3. The monoisotopic (exact) mass is 940 g/mol. The maximum Gasteiger partial charge on any atom is 1.00 e. The molecule has 0 saturated carbocycles. The number of hydrogen-bond donors (Lipinski definition) is 10. The molecular weight excluding hydrogens is 895 g/mol. The van der Waals surface area contributed by atoms with Gasteiger partial charge in [-0.25, -0.2) is 10.9 Å². The zero-order valence-electron chi connectivity index (χ0n) is 36.2. The summed E-state index contributed by atoms with van der Waals surface area (Å²) in [5.74, 6) is 0. The Labute approximate surface area is 417 Å². The van der Waals surface area contributed by atoms with Crippen LogP contribution in [0.2, 0.25) is 0 Å². The molecule has 2 aliphatic heterocycles. The standard InChI is InChI=1S/C40H44N8O8S4.2Na.2H/c1-27(25-49)45-47-21-37(41-31-9-5-3-6-10-31)57-39(23-47)43-33-17-15-29(35(19-33)59(51,52)53)13-14-30-16-18-34(20-36(30)60(54,55)56)44-40-24-48(46-28(2)26-50)22-38(58-40)42-32-11-7-4-8-12-32;;;;/h3-24,27-28,41-46,49-50H,25-26H2,1-2H3,(H,51,52,53)(H,54,55,56);;;;/q;2*+1;2*-1. The van der Waals surface area contributed by atoms with E-state index in [0.717, 1.165) is 11.4 Å². The minimum atomic E-state index is -4.79. The molecule has 10 N–H and O–H groups in total. The molecule has 62 heavy (non-hydrogen) atoms. The van der Waals surface area contributed by atoms with Crippen LogP contribution in [0.1, 0.15) is 27.8 Å². The molecule has 4 aromatic rings. The summed E-state index contributed by atoms with van der Waals surface area (Å²) < 4.78 is 71.3. The molecule has 0 saturated heterocycles. The second-order valence-electron chi connectivity index (χ2n) is 13.4. The van der Waals surface area contributed by atoms with Crippen LogP contribution in [0.15, 0.2) is 152 Å². The van der Waals surface area contributed by atoms with Crippen molar-refractivity contribution in [3.05, 3.63) is 153 Å². The van der Waals surface area contributed by atoms with Crippen molar-refractivity contribution < 1.29 is 98.1 Å². The minimum absolute atomic E-state index is 0. The average molecular weight is 941 g/mol. The van der Waals surface area contributed by atoms with Crippen LogP contribution in [0.3, 0.4) is 0 Å². The number of aliphatic hydroxyl groups excluding tert-OH is 2. The van der Waals surface area contributed by atoms with Gasteiger partial charge in [-0.05, 0) is 73.5 Å². The van der Waals surface area contributed by atoms with Crippen LogP contribution in [0, 0.1) is 0 Å². The van der Waals surface area contributed by atoms with Gasteiger partial charge in [0.1, 0.15) is 9.79 Å². The molecule has 2 atom stereocenters. The molecule has 0 aromatic heterocycles. The van der Waals surface area contributed by atoms with Gasteiger partial charge in [-0.2, -0.15) is 16.8 Å². The Bertz CT molecular complexity index is 2390. The molecule has 0 aliphatic carbocycles. The fraction of sp³-hybridized carbons (Fsp3) is 0.150. The van der Waals surface area contributed by atoms with Crippen LogP contribution < -0.4 is 91.2 Å². The van der Waals surface area contributed by atoms with Crippen LogP contribution in [-0.2, 0) is 20.2 Å². The summed E-state index contributed by atoms with van der Waals surface area (Å²) in [6.45, 7) is 3.36. The first kappa shape index (κ1) is 51.4. The van der Waals surface area contributed by atoms with E-state index in [2.05, 4.69) is 32.1 Å². The van der Waals surface area contributed by atoms with Crippen molar-refractivity contribution in [2.75, 3.05) is 34.5 Å². The minimum Gasteiger partial charge on any atom is -1.00 e. The molecule has 2 unspecified atom stereocenters. The normalized spacial score (nSPS) is 15.2. The van der Waals surface area contributed by atoms with Crippen molar-refractivity contribution in [1.82, 2.24) is 20.9 Å². The van der Waals surface area contributed by atoms with Crippen LogP contribution in [0.4, 0.5) is 22.7 Å². The molecule has 0 amide bonds. The Morgan fingerprint density at radius 3 is 1.18 bits per heavy atom. The smallest absolute Gasteiger partial charge is 1.00 e. The SMILES string of the molecule is CC(CO)NN1C=C(Nc2ccccc2)SC(Nc2ccc(C=Cc3ccc(NC4=CN(NC(C)CO)C=C(Nc5ccccc5)S4)cc3S(=O)(=O)O)c(S(=O)(=O)O)c2)=C1.[H-].[H-].[Na+].[Na+]. The fourth-order valence-electron chi connectivity index (χ4n) is 5.63. The van der Waals surface area contributed by atoms with E-state index in [0.29, 0.717) is 31.5 Å². The summed E-state index contributed by atoms with van der Waals surface area (Å²) in [5, 5.41) is 38.1. The van der Waals surface area contributed by atoms with Gasteiger partial charge in [0.2, 0.25) is 0 Å². The van der Waals surface area contributed by atoms with Gasteiger partial charge < -0.3 is 34.3 Å². The van der Waals surface area contributed by atoms with Gasteiger partial charge in [0.15, 0.2) is 0 Å². The molecule has 6 rings (SSSR count). The molecule has 0 bridgehead atoms. The second kappa shape index (κ2) is 23.6. The van der Waals surface area contributed by atoms with E-state index in [1.54, 1.807) is 60.8 Å². The molecule has 22 heteroatoms. The van der Waals surface area contributed by atoms with E-state index in [-0.39, 0.29) is 98.4 Å². The summed E-state index contributed by atoms with van der Waals surface area (Å²) in [6.07, 6.45) is 9.67. The van der Waals surface area contributed by atoms with Gasteiger partial charge in [-0.1, -0.05) is 84.2 Å². The summed E-state index contributed by atoms with van der Waals surface area (Å²) in [5.41, 5.74) is 8.66. The van der Waals surface area contributed by atoms with E-state index in [1.807, 2.05) is 60.7 Å². The molecular formula is C40H46N8Na2O8S4. The van der Waals surface area contributed by atoms with Gasteiger partial charge >= 0.3 is 59.1 Å². The number of thioether (sulfide) groups is 2. The summed E-state index contributed by atoms with van der Waals surface area (Å²) in [7, 11) is -9.59. The summed E-state index contributed by atoms with van der Waals surface area (Å²) in [4.78, 5) is -0.913. The van der Waals surface area contributed by atoms with Crippen molar-refractivity contribution >= 4 is 78.7 Å². The zero-order chi connectivity index (χ0) is 42.9. The number of nitrogens with one attached hydrogen (secondary N) is 6. The van der Waals surface area contributed by atoms with E-state index >= 15 is 0 Å². The Morgan fingerprint density at radius 2 is 0.871 bits per heavy atom. The second-order valence-corrected chi connectivity index (χ2v) is 18.4. The number of rotatable bonds is 18. The average Bonchev–Trinajstić information content (AvgIpc) is 3.20. The predicted octanol–water partition coefficient (Wildman–Crippen LogP) is 0.695. The molecule has 320 valence electrons. The van der Waals surface area contributed by atoms with E-state index in [9.17, 15) is 36.2 Å². The maximum absolute atomic E-state index is 12.7. The molecule has 4 aromatic carbocycles.